The molecular formula is C36H42O3Ti. The molecule has 0 radical (unpaired) electrons. The molecule has 0 heterocycles. The molecule has 4 aromatic carbocycles. The van der Waals surface area contributed by atoms with Crippen molar-refractivity contribution in [2.75, 3.05) is 0 Å². The van der Waals surface area contributed by atoms with Gasteiger partial charge in [-0.25, -0.2) is 0 Å². The molecule has 0 saturated carbocycles. The van der Waals surface area contributed by atoms with Crippen molar-refractivity contribution in [3.05, 3.63) is 137 Å². The van der Waals surface area contributed by atoms with Gasteiger partial charge in [0.2, 0.25) is 0 Å². The van der Waals surface area contributed by atoms with Crippen LogP contribution in [0.2, 0.25) is 0 Å². The second-order valence-corrected chi connectivity index (χ2v) is 13.8. The number of benzene rings is 4. The second-order valence-electron chi connectivity index (χ2n) is 12.4. The summed E-state index contributed by atoms with van der Waals surface area (Å²) in [5.74, 6) is 0.631. The van der Waals surface area contributed by atoms with Crippen LogP contribution in [0.1, 0.15) is 88.8 Å². The molecule has 4 heteroatoms. The van der Waals surface area contributed by atoms with Crippen molar-refractivity contribution in [1.29, 1.82) is 0 Å². The van der Waals surface area contributed by atoms with Gasteiger partial charge in [-0.15, -0.1) is 0 Å². The van der Waals surface area contributed by atoms with Crippen molar-refractivity contribution in [3.63, 3.8) is 0 Å². The third-order valence-corrected chi connectivity index (χ3v) is 9.74. The summed E-state index contributed by atoms with van der Waals surface area (Å²) in [6, 6.07) is 36.0. The maximum atomic E-state index is 13.2. The Hall–Kier alpha value is -2.85. The molecule has 0 aliphatic heterocycles. The Morgan fingerprint density at radius 3 is 1.38 bits per heavy atom. The Balaban J connectivity index is 2.12. The van der Waals surface area contributed by atoms with Crippen molar-refractivity contribution in [2.45, 2.75) is 77.7 Å². The van der Waals surface area contributed by atoms with E-state index in [2.05, 4.69) is 133 Å². The first-order valence-corrected chi connectivity index (χ1v) is 16.0. The fourth-order valence-corrected chi connectivity index (χ4v) is 7.00. The van der Waals surface area contributed by atoms with Crippen molar-refractivity contribution in [2.24, 2.45) is 0 Å². The normalized spacial score (nSPS) is 12.4. The maximum absolute atomic E-state index is 13.2. The quantitative estimate of drug-likeness (QED) is 0.178. The zero-order valence-electron chi connectivity index (χ0n) is 25.1. The summed E-state index contributed by atoms with van der Waals surface area (Å²) >= 11 is -3.51. The SMILES string of the molecule is CC(C)[O][Ti](=[O])[O]c1ccc(C(C)(C)c2ccccc2)c(C(C)(C)c2ccccc2)c1C(C)(C)c1ccccc1. The van der Waals surface area contributed by atoms with Crippen LogP contribution in [0, 0.1) is 0 Å². The van der Waals surface area contributed by atoms with E-state index >= 15 is 0 Å². The first kappa shape index (κ1) is 30.1. The van der Waals surface area contributed by atoms with E-state index in [1.165, 1.54) is 22.3 Å². The van der Waals surface area contributed by atoms with Crippen molar-refractivity contribution in [3.8, 4) is 5.75 Å². The molecule has 4 rings (SSSR count). The van der Waals surface area contributed by atoms with Crippen LogP contribution in [0.4, 0.5) is 0 Å². The van der Waals surface area contributed by atoms with Gasteiger partial charge in [-0.2, -0.15) is 0 Å². The van der Waals surface area contributed by atoms with Crippen LogP contribution in [0.15, 0.2) is 103 Å². The van der Waals surface area contributed by atoms with Gasteiger partial charge in [-0.1, -0.05) is 0 Å². The third kappa shape index (κ3) is 6.08. The molecule has 0 aliphatic rings. The Bertz CT molecular complexity index is 1440. The van der Waals surface area contributed by atoms with E-state index in [0.717, 1.165) is 11.1 Å². The molecule has 0 amide bonds. The zero-order valence-corrected chi connectivity index (χ0v) is 26.7. The van der Waals surface area contributed by atoms with Gasteiger partial charge in [0.05, 0.1) is 0 Å². The molecule has 40 heavy (non-hydrogen) atoms. The number of hydrogen-bond donors (Lipinski definition) is 0. The zero-order chi connectivity index (χ0) is 29.1. The van der Waals surface area contributed by atoms with Crippen LogP contribution in [-0.4, -0.2) is 6.10 Å². The summed E-state index contributed by atoms with van der Waals surface area (Å²) in [6.07, 6.45) is -0.172. The van der Waals surface area contributed by atoms with Gasteiger partial charge in [-0.05, 0) is 0 Å². The summed E-state index contributed by atoms with van der Waals surface area (Å²) < 4.78 is 25.2. The monoisotopic (exact) mass is 570 g/mol. The molecule has 0 aliphatic carbocycles. The molecule has 0 unspecified atom stereocenters. The van der Waals surface area contributed by atoms with E-state index in [4.69, 9.17) is 6.64 Å². The van der Waals surface area contributed by atoms with Gasteiger partial charge in [0.1, 0.15) is 0 Å². The fraction of sp³-hybridized carbons (Fsp3) is 0.333. The van der Waals surface area contributed by atoms with Crippen molar-refractivity contribution in [1.82, 2.24) is 0 Å². The van der Waals surface area contributed by atoms with Crippen molar-refractivity contribution >= 4 is 0 Å². The first-order chi connectivity index (χ1) is 18.9. The van der Waals surface area contributed by atoms with Crippen LogP contribution in [0.25, 0.3) is 0 Å². The molecule has 0 bridgehead atoms. The van der Waals surface area contributed by atoms with Crippen LogP contribution in [-0.2, 0) is 41.5 Å². The Labute approximate surface area is 247 Å². The predicted molar refractivity (Wildman–Crippen MR) is 160 cm³/mol. The van der Waals surface area contributed by atoms with Gasteiger partial charge in [0.15, 0.2) is 0 Å². The van der Waals surface area contributed by atoms with E-state index in [1.54, 1.807) is 0 Å². The Kier molecular flexibility index (Phi) is 9.00. The van der Waals surface area contributed by atoms with Crippen LogP contribution >= 0.6 is 0 Å². The summed E-state index contributed by atoms with van der Waals surface area (Å²) in [7, 11) is 0. The molecule has 0 saturated heterocycles. The van der Waals surface area contributed by atoms with Crippen LogP contribution in [0.3, 0.4) is 0 Å². The number of hydrogen-bond acceptors (Lipinski definition) is 3. The Morgan fingerprint density at radius 2 is 0.950 bits per heavy atom. The average molecular weight is 571 g/mol. The summed E-state index contributed by atoms with van der Waals surface area (Å²) in [4.78, 5) is 0. The van der Waals surface area contributed by atoms with Gasteiger partial charge in [-0.3, -0.25) is 0 Å². The first-order valence-electron chi connectivity index (χ1n) is 14.1. The van der Waals surface area contributed by atoms with Gasteiger partial charge >= 0.3 is 249 Å². The van der Waals surface area contributed by atoms with E-state index in [9.17, 15) is 3.32 Å². The van der Waals surface area contributed by atoms with Crippen LogP contribution < -0.4 is 3.32 Å². The topological polar surface area (TPSA) is 35.5 Å². The summed E-state index contributed by atoms with van der Waals surface area (Å²) in [5.41, 5.74) is 5.89. The van der Waals surface area contributed by atoms with E-state index in [0.29, 0.717) is 5.75 Å². The second kappa shape index (κ2) is 11.9. The molecule has 0 aromatic heterocycles. The molecule has 208 valence electrons. The van der Waals surface area contributed by atoms with E-state index in [1.807, 2.05) is 26.0 Å². The van der Waals surface area contributed by atoms with Gasteiger partial charge in [0.25, 0.3) is 0 Å². The minimum absolute atomic E-state index is 0.172. The van der Waals surface area contributed by atoms with E-state index < -0.39 is 29.4 Å². The minimum atomic E-state index is -3.51. The molecular weight excluding hydrogens is 528 g/mol. The van der Waals surface area contributed by atoms with Crippen molar-refractivity contribution < 1.29 is 28.6 Å². The van der Waals surface area contributed by atoms with Gasteiger partial charge in [0, 0.05) is 0 Å². The van der Waals surface area contributed by atoms with E-state index in [-0.39, 0.29) is 11.5 Å². The summed E-state index contributed by atoms with van der Waals surface area (Å²) in [6.45, 7) is 17.4. The Morgan fingerprint density at radius 1 is 0.550 bits per heavy atom. The fourth-order valence-electron chi connectivity index (χ4n) is 5.77. The summed E-state index contributed by atoms with van der Waals surface area (Å²) in [5, 5.41) is 0. The molecule has 3 nitrogen and oxygen atoms in total. The molecule has 0 spiro atoms. The standard InChI is InChI=1S/C33H36O.C3H7O.O.Ti/c1-31(2,24-16-10-7-11-17-24)27-22-23-28(34)30(33(5,6)26-20-14-9-15-21-26)29(27)32(3,4)25-18-12-8-13-19-25;1-3(2)4;;/h7-23,34H,1-6H3;3H,1-2H3;;/q;-1;;+2/p-1. The predicted octanol–water partition coefficient (Wildman–Crippen LogP) is 9.26. The van der Waals surface area contributed by atoms with Gasteiger partial charge < -0.3 is 0 Å². The average Bonchev–Trinajstić information content (AvgIpc) is 2.93. The van der Waals surface area contributed by atoms with Crippen LogP contribution in [0.5, 0.6) is 5.75 Å². The number of rotatable bonds is 10. The molecule has 0 fully saturated rings. The molecule has 0 N–H and O–H groups in total. The third-order valence-electron chi connectivity index (χ3n) is 8.10. The molecule has 4 aromatic rings. The molecule has 0 atom stereocenters.